The summed E-state index contributed by atoms with van der Waals surface area (Å²) in [6.07, 6.45) is 4.97. The molecule has 3 heterocycles. The van der Waals surface area contributed by atoms with Crippen LogP contribution in [0.1, 0.15) is 123 Å². The Bertz CT molecular complexity index is 4450. The third kappa shape index (κ3) is 13.7. The van der Waals surface area contributed by atoms with Crippen LogP contribution in [0.25, 0.3) is 14.5 Å². The number of thiocarbonyl (C=S) groups is 3. The van der Waals surface area contributed by atoms with Gasteiger partial charge < -0.3 is 34.0 Å². The highest BCUT2D eigenvalue weighted by molar-refractivity contribution is 7.81. The van der Waals surface area contributed by atoms with Gasteiger partial charge in [-0.3, -0.25) is 43.5 Å². The van der Waals surface area contributed by atoms with Crippen LogP contribution in [0.3, 0.4) is 0 Å². The Morgan fingerprint density at radius 2 is 0.683 bits per heavy atom. The van der Waals surface area contributed by atoms with Crippen LogP contribution in [0.4, 0.5) is 64.4 Å². The Labute approximate surface area is 600 Å². The topological polar surface area (TPSA) is 183 Å². The van der Waals surface area contributed by atoms with Crippen molar-refractivity contribution in [2.24, 2.45) is 16.2 Å². The number of nitrogens with zero attached hydrogens (tertiary/aromatic N) is 9. The lowest BCUT2D eigenvalue weighted by molar-refractivity contribution is -0.144. The van der Waals surface area contributed by atoms with Crippen molar-refractivity contribution in [3.63, 3.8) is 0 Å². The van der Waals surface area contributed by atoms with Gasteiger partial charge >= 0.3 is 5.97 Å². The maximum Gasteiger partial charge on any atom is 0.313 e. The fraction of sp³-hybridized carbons (Fsp3) is 0.368. The van der Waals surface area contributed by atoms with E-state index in [-0.39, 0.29) is 81.7 Å². The van der Waals surface area contributed by atoms with E-state index in [2.05, 4.69) is 14.5 Å². The van der Waals surface area contributed by atoms with Crippen LogP contribution in [0, 0.1) is 74.2 Å². The minimum atomic E-state index is -1.08. The molecule has 12 rings (SSSR count). The van der Waals surface area contributed by atoms with Gasteiger partial charge in [-0.15, -0.1) is 0 Å². The number of carboxylic acid groups (broad SMARTS) is 1. The number of carbonyl (C=O) groups is 6. The number of aryl methyl sites for hydroxylation is 3. The van der Waals surface area contributed by atoms with Gasteiger partial charge in [0.1, 0.15) is 53.4 Å². The van der Waals surface area contributed by atoms with Gasteiger partial charge in [0.25, 0.3) is 17.7 Å². The number of ketones is 2. The van der Waals surface area contributed by atoms with Crippen molar-refractivity contribution in [3.05, 3.63) is 178 Å². The zero-order valence-electron chi connectivity index (χ0n) is 57.7. The molecule has 25 heteroatoms. The standard InChI is InChI=1S/2C26H26FN3O3S.C24H22FN3O4S/c2*1-6-22(31)26(11-12-26)15-33-21-10-8-18(14-19(21)27)30-24(34)29(23(32)25(30,3)4)17-7-9-20(28-5)16(2)13-17;1-14-11-15(5-7-18(14)26-4)27-20(29)23(2,3)28(22(27)33)16-6-8-19(17(25)12-16)32-13-24(9-10-24)21(30)31/h2*7-10,13-14H,6,11-12,15H2,1-4H3;5-8,11-12H,9-10,13H2,1-3H3,(H,30,31). The molecule has 101 heavy (non-hydrogen) atoms. The van der Waals surface area contributed by atoms with Crippen LogP contribution in [0.15, 0.2) is 109 Å². The minimum Gasteiger partial charge on any atom is -0.489 e. The first-order valence-electron chi connectivity index (χ1n) is 32.7. The molecule has 6 aromatic rings. The van der Waals surface area contributed by atoms with Crippen molar-refractivity contribution in [1.29, 1.82) is 0 Å². The van der Waals surface area contributed by atoms with Gasteiger partial charge in [0, 0.05) is 65.2 Å². The molecule has 3 aliphatic carbocycles. The molecule has 3 aliphatic heterocycles. The molecular weight excluding hydrogens is 1350 g/mol. The molecule has 3 amide bonds. The summed E-state index contributed by atoms with van der Waals surface area (Å²) in [4.78, 5) is 95.0. The van der Waals surface area contributed by atoms with Crippen molar-refractivity contribution < 1.29 is 61.3 Å². The predicted molar refractivity (Wildman–Crippen MR) is 391 cm³/mol. The van der Waals surface area contributed by atoms with Crippen LogP contribution in [0.2, 0.25) is 0 Å². The third-order valence-electron chi connectivity index (χ3n) is 19.6. The second-order valence-electron chi connectivity index (χ2n) is 27.6. The molecule has 1 N–H and O–H groups in total. The number of halogens is 3. The predicted octanol–water partition coefficient (Wildman–Crippen LogP) is 16.3. The number of anilines is 6. The number of carbonyl (C=O) groups excluding carboxylic acids is 5. The lowest BCUT2D eigenvalue weighted by atomic mass is 10.0. The minimum absolute atomic E-state index is 0.0530. The van der Waals surface area contributed by atoms with Gasteiger partial charge in [-0.1, -0.05) is 32.0 Å². The molecule has 0 unspecified atom stereocenters. The zero-order valence-corrected chi connectivity index (χ0v) is 60.1. The van der Waals surface area contributed by atoms with Crippen molar-refractivity contribution >= 4 is 138 Å². The van der Waals surface area contributed by atoms with Gasteiger partial charge in [-0.2, -0.15) is 0 Å². The first-order valence-corrected chi connectivity index (χ1v) is 33.9. The number of amides is 3. The molecule has 6 fully saturated rings. The lowest BCUT2D eigenvalue weighted by Crippen LogP contribution is -2.44. The monoisotopic (exact) mass is 1430 g/mol. The van der Waals surface area contributed by atoms with Crippen LogP contribution in [-0.4, -0.2) is 92.1 Å². The highest BCUT2D eigenvalue weighted by Gasteiger charge is 2.55. The number of carboxylic acids is 1. The normalized spacial score (nSPS) is 18.2. The van der Waals surface area contributed by atoms with Crippen LogP contribution < -0.4 is 43.6 Å². The molecule has 19 nitrogen and oxygen atoms in total. The Hall–Kier alpha value is -10.1. The maximum absolute atomic E-state index is 15.0. The molecule has 0 bridgehead atoms. The Morgan fingerprint density at radius 1 is 0.436 bits per heavy atom. The first-order chi connectivity index (χ1) is 47.6. The Morgan fingerprint density at radius 3 is 0.891 bits per heavy atom. The van der Waals surface area contributed by atoms with E-state index in [0.717, 1.165) is 42.4 Å². The van der Waals surface area contributed by atoms with Crippen molar-refractivity contribution in [2.75, 3.05) is 49.2 Å². The van der Waals surface area contributed by atoms with Crippen LogP contribution in [-0.2, 0) is 28.8 Å². The van der Waals surface area contributed by atoms with E-state index in [1.54, 1.807) is 150 Å². The third-order valence-corrected chi connectivity index (χ3v) is 20.6. The van der Waals surface area contributed by atoms with Gasteiger partial charge in [0.2, 0.25) is 0 Å². The quantitative estimate of drug-likeness (QED) is 0.0562. The molecule has 6 aliphatic rings. The van der Waals surface area contributed by atoms with E-state index < -0.39 is 56.3 Å². The van der Waals surface area contributed by atoms with Crippen molar-refractivity contribution in [3.8, 4) is 17.2 Å². The second-order valence-corrected chi connectivity index (χ2v) is 28.7. The maximum atomic E-state index is 15.0. The average Bonchev–Trinajstić information content (AvgIpc) is 1.59. The zero-order chi connectivity index (χ0) is 73.8. The van der Waals surface area contributed by atoms with Crippen molar-refractivity contribution in [2.45, 2.75) is 144 Å². The van der Waals surface area contributed by atoms with E-state index in [4.69, 9.17) is 70.6 Å². The number of ether oxygens (including phenoxy) is 3. The average molecular weight is 1430 g/mol. The smallest absolute Gasteiger partial charge is 0.313 e. The Kier molecular flexibility index (Phi) is 20.2. The SMILES string of the molecule is [C-]#[N+]c1ccc(N2C(=O)C(C)(C)N(c3ccc(OCC4(C(=O)CC)CC4)c(F)c3)C2=S)cc1C.[C-]#[N+]c1ccc(N2C(=O)C(C)(C)N(c3ccc(OCC4(C(=O)CC)CC4)c(F)c3)C2=S)cc1C.[C-]#[N+]c1ccc(N2C(=O)C(C)(C)N(c3ccc(OCC4(C(=O)O)CC4)c(F)c3)C2=S)cc1C. The molecule has 0 radical (unpaired) electrons. The van der Waals surface area contributed by atoms with Gasteiger partial charge in [-0.05, 0) is 227 Å². The van der Waals surface area contributed by atoms with Crippen LogP contribution >= 0.6 is 36.7 Å². The summed E-state index contributed by atoms with van der Waals surface area (Å²) in [5, 5.41) is 9.91. The molecule has 0 atom stereocenters. The molecule has 0 aromatic heterocycles. The largest absolute Gasteiger partial charge is 0.489 e. The lowest BCUT2D eigenvalue weighted by Gasteiger charge is -2.29. The van der Waals surface area contributed by atoms with Gasteiger partial charge in [0.05, 0.1) is 30.5 Å². The highest BCUT2D eigenvalue weighted by atomic mass is 32.1. The molecule has 522 valence electrons. The fourth-order valence-electron chi connectivity index (χ4n) is 12.6. The highest BCUT2D eigenvalue weighted by Crippen LogP contribution is 2.51. The summed E-state index contributed by atoms with van der Waals surface area (Å²) < 4.78 is 61.7. The second kappa shape index (κ2) is 27.8. The van der Waals surface area contributed by atoms with Crippen molar-refractivity contribution in [1.82, 2.24) is 0 Å². The molecular formula is C76H74F3N9O10S3. The fourth-order valence-corrected chi connectivity index (χ4v) is 14.2. The molecule has 3 saturated carbocycles. The van der Waals surface area contributed by atoms with E-state index in [1.165, 1.54) is 51.1 Å². The van der Waals surface area contributed by atoms with Gasteiger partial charge in [-0.25, -0.2) is 27.7 Å². The summed E-state index contributed by atoms with van der Waals surface area (Å²) >= 11 is 16.9. The summed E-state index contributed by atoms with van der Waals surface area (Å²) in [7, 11) is 0. The number of aliphatic carboxylic acids is 1. The number of hydrogen-bond acceptors (Lipinski definition) is 12. The molecule has 0 spiro atoms. The number of Topliss-reactive ketones (excluding diaryl/α,β-unsaturated/α-hetero) is 2. The summed E-state index contributed by atoms with van der Waals surface area (Å²) in [6.45, 7) is 41.3. The van der Waals surface area contributed by atoms with Crippen LogP contribution in [0.5, 0.6) is 17.2 Å². The summed E-state index contributed by atoms with van der Waals surface area (Å²) in [6, 6.07) is 28.4. The van der Waals surface area contributed by atoms with E-state index >= 15 is 8.78 Å². The molecule has 6 aromatic carbocycles. The molecule has 3 saturated heterocycles. The number of hydrogen-bond donors (Lipinski definition) is 1. The van der Waals surface area contributed by atoms with E-state index in [9.17, 15) is 38.3 Å². The van der Waals surface area contributed by atoms with Gasteiger partial charge in [0.15, 0.2) is 67.1 Å². The Balaban J connectivity index is 0.000000163. The number of rotatable bonds is 20. The number of benzene rings is 6. The first kappa shape index (κ1) is 73.6. The summed E-state index contributed by atoms with van der Waals surface area (Å²) in [5.74, 6) is -3.19. The summed E-state index contributed by atoms with van der Waals surface area (Å²) in [5.41, 5.74) is 1.50. The van der Waals surface area contributed by atoms with E-state index in [1.807, 2.05) is 13.8 Å². The van der Waals surface area contributed by atoms with E-state index in [0.29, 0.717) is 76.9 Å².